The first-order valence-electron chi connectivity index (χ1n) is 7.98. The van der Waals surface area contributed by atoms with E-state index < -0.39 is 5.82 Å². The van der Waals surface area contributed by atoms with Crippen LogP contribution in [0.25, 0.3) is 0 Å². The van der Waals surface area contributed by atoms with Gasteiger partial charge < -0.3 is 0 Å². The second-order valence-electron chi connectivity index (χ2n) is 5.72. The van der Waals surface area contributed by atoms with Gasteiger partial charge in [-0.1, -0.05) is 24.6 Å². The molecule has 0 aliphatic carbocycles. The molecule has 1 saturated heterocycles. The third-order valence-corrected chi connectivity index (χ3v) is 5.26. The summed E-state index contributed by atoms with van der Waals surface area (Å²) in [5, 5.41) is -0.265. The van der Waals surface area contributed by atoms with Crippen molar-refractivity contribution in [2.75, 3.05) is 6.54 Å². The lowest BCUT2D eigenvalue weighted by atomic mass is 10.2. The van der Waals surface area contributed by atoms with Gasteiger partial charge in [-0.3, -0.25) is 14.5 Å². The van der Waals surface area contributed by atoms with E-state index in [1.54, 1.807) is 0 Å². The topological polar surface area (TPSA) is 37.4 Å². The summed E-state index contributed by atoms with van der Waals surface area (Å²) in [6.07, 6.45) is 2.46. The van der Waals surface area contributed by atoms with Crippen LogP contribution in [-0.4, -0.2) is 28.5 Å². The van der Waals surface area contributed by atoms with E-state index in [2.05, 4.69) is 0 Å². The monoisotopic (exact) mass is 343 g/mol. The number of halogens is 1. The fourth-order valence-corrected chi connectivity index (χ4v) is 3.89. The van der Waals surface area contributed by atoms with Crippen molar-refractivity contribution in [1.29, 1.82) is 0 Å². The molecule has 3 nitrogen and oxygen atoms in total. The summed E-state index contributed by atoms with van der Waals surface area (Å²) in [5.74, 6) is -0.900. The number of benzene rings is 2. The molecule has 2 aromatic carbocycles. The summed E-state index contributed by atoms with van der Waals surface area (Å²) in [6.45, 7) is 0.418. The first kappa shape index (κ1) is 16.7. The first-order chi connectivity index (χ1) is 11.6. The van der Waals surface area contributed by atoms with E-state index in [1.807, 2.05) is 30.3 Å². The van der Waals surface area contributed by atoms with Crippen molar-refractivity contribution in [3.05, 3.63) is 66.0 Å². The lowest BCUT2D eigenvalue weighted by Gasteiger charge is -2.22. The Kier molecular flexibility index (Phi) is 5.30. The predicted molar refractivity (Wildman–Crippen MR) is 92.4 cm³/mol. The predicted octanol–water partition coefficient (Wildman–Crippen LogP) is 4.14. The van der Waals surface area contributed by atoms with Gasteiger partial charge in [0.1, 0.15) is 5.82 Å². The Bertz CT molecular complexity index is 718. The highest BCUT2D eigenvalue weighted by Crippen LogP contribution is 2.30. The van der Waals surface area contributed by atoms with Crippen LogP contribution in [0, 0.1) is 5.82 Å². The van der Waals surface area contributed by atoms with Crippen molar-refractivity contribution < 1.29 is 14.0 Å². The molecule has 0 radical (unpaired) electrons. The number of rotatable bonds is 3. The minimum Gasteiger partial charge on any atom is -0.278 e. The van der Waals surface area contributed by atoms with Crippen LogP contribution >= 0.6 is 11.8 Å². The highest BCUT2D eigenvalue weighted by atomic mass is 32.2. The summed E-state index contributed by atoms with van der Waals surface area (Å²) in [7, 11) is 0. The normalized spacial score (nSPS) is 18.3. The molecule has 0 saturated carbocycles. The van der Waals surface area contributed by atoms with Crippen LogP contribution in [0.4, 0.5) is 4.39 Å². The molecule has 1 fully saturated rings. The molecule has 1 aliphatic heterocycles. The number of likely N-dealkylation sites (tertiary alicyclic amines) is 1. The van der Waals surface area contributed by atoms with Crippen LogP contribution in [0.2, 0.25) is 0 Å². The number of carbonyl (C=O) groups excluding carboxylic acids is 2. The van der Waals surface area contributed by atoms with Gasteiger partial charge in [0.25, 0.3) is 5.91 Å². The van der Waals surface area contributed by atoms with Gasteiger partial charge in [0.2, 0.25) is 5.91 Å². The SMILES string of the molecule is O=C(c1ccc(F)cc1)N1CCCCC(Sc2ccccc2)C1=O. The van der Waals surface area contributed by atoms with E-state index in [1.165, 1.54) is 40.9 Å². The van der Waals surface area contributed by atoms with Gasteiger partial charge in [0.05, 0.1) is 5.25 Å². The molecule has 5 heteroatoms. The van der Waals surface area contributed by atoms with E-state index in [0.29, 0.717) is 12.1 Å². The van der Waals surface area contributed by atoms with Gasteiger partial charge >= 0.3 is 0 Å². The molecule has 24 heavy (non-hydrogen) atoms. The zero-order valence-corrected chi connectivity index (χ0v) is 14.0. The van der Waals surface area contributed by atoms with E-state index in [-0.39, 0.29) is 17.1 Å². The summed E-state index contributed by atoms with van der Waals surface area (Å²) in [6, 6.07) is 15.1. The number of imide groups is 1. The van der Waals surface area contributed by atoms with Gasteiger partial charge in [0, 0.05) is 17.0 Å². The number of thioether (sulfide) groups is 1. The molecule has 1 heterocycles. The summed E-state index contributed by atoms with van der Waals surface area (Å²) in [4.78, 5) is 27.8. The Morgan fingerprint density at radius 1 is 1.04 bits per heavy atom. The third-order valence-electron chi connectivity index (χ3n) is 4.00. The highest BCUT2D eigenvalue weighted by molar-refractivity contribution is 8.00. The van der Waals surface area contributed by atoms with Crippen LogP contribution < -0.4 is 0 Å². The van der Waals surface area contributed by atoms with Gasteiger partial charge in [-0.05, 0) is 49.2 Å². The smallest absolute Gasteiger partial charge is 0.260 e. The number of hydrogen-bond donors (Lipinski definition) is 0. The maximum Gasteiger partial charge on any atom is 0.260 e. The molecule has 1 unspecified atom stereocenters. The molecule has 0 aromatic heterocycles. The second-order valence-corrected chi connectivity index (χ2v) is 6.99. The van der Waals surface area contributed by atoms with Gasteiger partial charge in [-0.25, -0.2) is 4.39 Å². The summed E-state index contributed by atoms with van der Waals surface area (Å²) >= 11 is 1.50. The Labute approximate surface area is 144 Å². The quantitative estimate of drug-likeness (QED) is 0.786. The van der Waals surface area contributed by atoms with Crippen molar-refractivity contribution in [1.82, 2.24) is 4.90 Å². The van der Waals surface area contributed by atoms with E-state index in [4.69, 9.17) is 0 Å². The number of amides is 2. The Balaban J connectivity index is 1.78. The lowest BCUT2D eigenvalue weighted by molar-refractivity contribution is -0.127. The molecule has 124 valence electrons. The van der Waals surface area contributed by atoms with Crippen LogP contribution in [0.5, 0.6) is 0 Å². The van der Waals surface area contributed by atoms with Crippen molar-refractivity contribution in [2.24, 2.45) is 0 Å². The van der Waals surface area contributed by atoms with Gasteiger partial charge in [-0.2, -0.15) is 0 Å². The molecular formula is C19H18FNO2S. The summed E-state index contributed by atoms with van der Waals surface area (Å²) in [5.41, 5.74) is 0.343. The first-order valence-corrected chi connectivity index (χ1v) is 8.86. The molecular weight excluding hydrogens is 325 g/mol. The molecule has 3 rings (SSSR count). The van der Waals surface area contributed by atoms with Crippen LogP contribution in [0.15, 0.2) is 59.5 Å². The van der Waals surface area contributed by atoms with Crippen molar-refractivity contribution in [3.8, 4) is 0 Å². The van der Waals surface area contributed by atoms with E-state index >= 15 is 0 Å². The minimum absolute atomic E-state index is 0.157. The van der Waals surface area contributed by atoms with Crippen LogP contribution in [0.1, 0.15) is 29.6 Å². The fourth-order valence-electron chi connectivity index (χ4n) is 2.73. The lowest BCUT2D eigenvalue weighted by Crippen LogP contribution is -2.41. The molecule has 1 atom stereocenters. The fraction of sp³-hybridized carbons (Fsp3) is 0.263. The third kappa shape index (κ3) is 3.85. The van der Waals surface area contributed by atoms with Crippen LogP contribution in [0.3, 0.4) is 0 Å². The average molecular weight is 343 g/mol. The zero-order valence-electron chi connectivity index (χ0n) is 13.2. The van der Waals surface area contributed by atoms with E-state index in [0.717, 1.165) is 24.2 Å². The second kappa shape index (κ2) is 7.62. The standard InChI is InChI=1S/C19H18FNO2S/c20-15-11-9-14(10-12-15)18(22)21-13-5-4-8-17(19(21)23)24-16-6-2-1-3-7-16/h1-3,6-7,9-12,17H,4-5,8,13H2. The average Bonchev–Trinajstić information content (AvgIpc) is 2.78. The summed E-state index contributed by atoms with van der Waals surface area (Å²) < 4.78 is 13.0. The maximum atomic E-state index is 13.0. The minimum atomic E-state index is -0.397. The van der Waals surface area contributed by atoms with Gasteiger partial charge in [-0.15, -0.1) is 11.8 Å². The zero-order chi connectivity index (χ0) is 16.9. The molecule has 2 amide bonds. The number of hydrogen-bond acceptors (Lipinski definition) is 3. The van der Waals surface area contributed by atoms with Crippen LogP contribution in [-0.2, 0) is 4.79 Å². The molecule has 0 spiro atoms. The Hall–Kier alpha value is -2.14. The number of nitrogens with zero attached hydrogens (tertiary/aromatic N) is 1. The Morgan fingerprint density at radius 2 is 1.75 bits per heavy atom. The van der Waals surface area contributed by atoms with Crippen molar-refractivity contribution in [3.63, 3.8) is 0 Å². The van der Waals surface area contributed by atoms with Crippen molar-refractivity contribution in [2.45, 2.75) is 29.4 Å². The maximum absolute atomic E-state index is 13.0. The molecule has 0 bridgehead atoms. The largest absolute Gasteiger partial charge is 0.278 e. The van der Waals surface area contributed by atoms with Crippen molar-refractivity contribution >= 4 is 23.6 Å². The molecule has 1 aliphatic rings. The highest BCUT2D eigenvalue weighted by Gasteiger charge is 2.32. The Morgan fingerprint density at radius 3 is 2.46 bits per heavy atom. The van der Waals surface area contributed by atoms with Gasteiger partial charge in [0.15, 0.2) is 0 Å². The number of carbonyl (C=O) groups is 2. The molecule has 2 aromatic rings. The van der Waals surface area contributed by atoms with E-state index in [9.17, 15) is 14.0 Å². The molecule has 0 N–H and O–H groups in total.